The van der Waals surface area contributed by atoms with E-state index in [2.05, 4.69) is 35.1 Å². The number of aliphatic hydroxyl groups excluding tert-OH is 1. The summed E-state index contributed by atoms with van der Waals surface area (Å²) in [6.45, 7) is 8.46. The third kappa shape index (κ3) is 7.46. The Labute approximate surface area is 168 Å². The summed E-state index contributed by atoms with van der Waals surface area (Å²) in [6.07, 6.45) is 4.08. The SMILES string of the molecule is CCN(CC)CC(O)COc1cc(CNCCc2cccnc2)ccc1OC. The second-order valence-corrected chi connectivity index (χ2v) is 6.72. The molecule has 0 bridgehead atoms. The minimum absolute atomic E-state index is 0.241. The molecule has 1 atom stereocenters. The Balaban J connectivity index is 1.84. The predicted octanol–water partition coefficient (Wildman–Crippen LogP) is 2.50. The monoisotopic (exact) mass is 387 g/mol. The third-order valence-corrected chi connectivity index (χ3v) is 4.67. The van der Waals surface area contributed by atoms with Crippen molar-refractivity contribution in [3.63, 3.8) is 0 Å². The first-order chi connectivity index (χ1) is 13.7. The molecule has 1 aromatic heterocycles. The molecule has 2 rings (SSSR count). The molecule has 1 unspecified atom stereocenters. The molecule has 0 fully saturated rings. The summed E-state index contributed by atoms with van der Waals surface area (Å²) in [7, 11) is 1.63. The fraction of sp³-hybridized carbons (Fsp3) is 0.500. The first kappa shape index (κ1) is 22.1. The zero-order chi connectivity index (χ0) is 20.2. The van der Waals surface area contributed by atoms with Crippen molar-refractivity contribution in [2.45, 2.75) is 32.9 Å². The highest BCUT2D eigenvalue weighted by Crippen LogP contribution is 2.28. The average molecular weight is 388 g/mol. The molecular weight excluding hydrogens is 354 g/mol. The summed E-state index contributed by atoms with van der Waals surface area (Å²) >= 11 is 0. The van der Waals surface area contributed by atoms with Crippen LogP contribution in [0.15, 0.2) is 42.7 Å². The molecule has 28 heavy (non-hydrogen) atoms. The second-order valence-electron chi connectivity index (χ2n) is 6.72. The van der Waals surface area contributed by atoms with Crippen molar-refractivity contribution in [1.29, 1.82) is 0 Å². The van der Waals surface area contributed by atoms with Gasteiger partial charge in [-0.3, -0.25) is 4.98 Å². The number of nitrogens with one attached hydrogen (secondary N) is 1. The molecule has 0 aliphatic rings. The number of rotatable bonds is 13. The van der Waals surface area contributed by atoms with Gasteiger partial charge in [0, 0.05) is 25.5 Å². The van der Waals surface area contributed by atoms with E-state index >= 15 is 0 Å². The van der Waals surface area contributed by atoms with Gasteiger partial charge in [-0.1, -0.05) is 26.0 Å². The lowest BCUT2D eigenvalue weighted by atomic mass is 10.2. The highest BCUT2D eigenvalue weighted by atomic mass is 16.5. The van der Waals surface area contributed by atoms with Gasteiger partial charge >= 0.3 is 0 Å². The van der Waals surface area contributed by atoms with Gasteiger partial charge in [-0.05, 0) is 55.4 Å². The van der Waals surface area contributed by atoms with Crippen molar-refractivity contribution in [1.82, 2.24) is 15.2 Å². The van der Waals surface area contributed by atoms with Gasteiger partial charge in [-0.2, -0.15) is 0 Å². The number of likely N-dealkylation sites (N-methyl/N-ethyl adjacent to an activating group) is 1. The maximum atomic E-state index is 10.2. The highest BCUT2D eigenvalue weighted by Gasteiger charge is 2.12. The van der Waals surface area contributed by atoms with Gasteiger partial charge in [0.2, 0.25) is 0 Å². The number of hydrogen-bond acceptors (Lipinski definition) is 6. The van der Waals surface area contributed by atoms with E-state index in [4.69, 9.17) is 9.47 Å². The number of ether oxygens (including phenoxy) is 2. The maximum Gasteiger partial charge on any atom is 0.161 e. The lowest BCUT2D eigenvalue weighted by Gasteiger charge is -2.22. The van der Waals surface area contributed by atoms with Crippen molar-refractivity contribution >= 4 is 0 Å². The van der Waals surface area contributed by atoms with Crippen LogP contribution < -0.4 is 14.8 Å². The number of methoxy groups -OCH3 is 1. The molecule has 2 N–H and O–H groups in total. The smallest absolute Gasteiger partial charge is 0.161 e. The number of benzene rings is 1. The molecule has 6 nitrogen and oxygen atoms in total. The first-order valence-electron chi connectivity index (χ1n) is 9.96. The molecule has 6 heteroatoms. The topological polar surface area (TPSA) is 66.9 Å². The van der Waals surface area contributed by atoms with E-state index in [1.807, 2.05) is 30.5 Å². The first-order valence-corrected chi connectivity index (χ1v) is 9.96. The molecule has 0 aliphatic heterocycles. The minimum Gasteiger partial charge on any atom is -0.493 e. The molecule has 0 spiro atoms. The molecule has 1 aromatic carbocycles. The quantitative estimate of drug-likeness (QED) is 0.515. The van der Waals surface area contributed by atoms with E-state index in [9.17, 15) is 5.11 Å². The van der Waals surface area contributed by atoms with Gasteiger partial charge in [-0.15, -0.1) is 0 Å². The van der Waals surface area contributed by atoms with Crippen molar-refractivity contribution in [3.05, 3.63) is 53.9 Å². The van der Waals surface area contributed by atoms with Gasteiger partial charge in [0.15, 0.2) is 11.5 Å². The number of aromatic nitrogens is 1. The summed E-state index contributed by atoms with van der Waals surface area (Å²) in [6, 6.07) is 9.94. The lowest BCUT2D eigenvalue weighted by Crippen LogP contribution is -2.35. The summed E-state index contributed by atoms with van der Waals surface area (Å²) in [5, 5.41) is 13.7. The molecule has 154 valence electrons. The van der Waals surface area contributed by atoms with Crippen molar-refractivity contribution in [3.8, 4) is 11.5 Å². The minimum atomic E-state index is -0.536. The van der Waals surface area contributed by atoms with E-state index in [-0.39, 0.29) is 6.61 Å². The molecule has 0 saturated heterocycles. The van der Waals surface area contributed by atoms with Crippen LogP contribution in [0.5, 0.6) is 11.5 Å². The van der Waals surface area contributed by atoms with Crippen LogP contribution >= 0.6 is 0 Å². The van der Waals surface area contributed by atoms with E-state index in [0.29, 0.717) is 18.0 Å². The normalized spacial score (nSPS) is 12.2. The third-order valence-electron chi connectivity index (χ3n) is 4.67. The zero-order valence-corrected chi connectivity index (χ0v) is 17.2. The van der Waals surface area contributed by atoms with Gasteiger partial charge in [-0.25, -0.2) is 0 Å². The van der Waals surface area contributed by atoms with Gasteiger partial charge < -0.3 is 24.8 Å². The summed E-state index contributed by atoms with van der Waals surface area (Å²) in [4.78, 5) is 6.31. The van der Waals surface area contributed by atoms with Crippen molar-refractivity contribution in [2.24, 2.45) is 0 Å². The van der Waals surface area contributed by atoms with E-state index in [0.717, 1.165) is 38.2 Å². The molecule has 2 aromatic rings. The van der Waals surface area contributed by atoms with Crippen LogP contribution in [0.2, 0.25) is 0 Å². The largest absolute Gasteiger partial charge is 0.493 e. The Hall–Kier alpha value is -2.15. The van der Waals surface area contributed by atoms with Crippen LogP contribution in [0.1, 0.15) is 25.0 Å². The Morgan fingerprint density at radius 1 is 1.14 bits per heavy atom. The van der Waals surface area contributed by atoms with Crippen LogP contribution in [0, 0.1) is 0 Å². The fourth-order valence-electron chi connectivity index (χ4n) is 2.97. The average Bonchev–Trinajstić information content (AvgIpc) is 2.74. The van der Waals surface area contributed by atoms with Crippen LogP contribution in [0.3, 0.4) is 0 Å². The zero-order valence-electron chi connectivity index (χ0n) is 17.2. The second kappa shape index (κ2) is 12.3. The number of aliphatic hydroxyl groups is 1. The van der Waals surface area contributed by atoms with Crippen LogP contribution in [0.4, 0.5) is 0 Å². The van der Waals surface area contributed by atoms with E-state index in [1.165, 1.54) is 5.56 Å². The molecule has 0 amide bonds. The highest BCUT2D eigenvalue weighted by molar-refractivity contribution is 5.43. The molecule has 0 saturated carbocycles. The van der Waals surface area contributed by atoms with Gasteiger partial charge in [0.1, 0.15) is 12.7 Å². The van der Waals surface area contributed by atoms with Gasteiger partial charge in [0.05, 0.1) is 7.11 Å². The van der Waals surface area contributed by atoms with E-state index in [1.54, 1.807) is 13.3 Å². The van der Waals surface area contributed by atoms with Gasteiger partial charge in [0.25, 0.3) is 0 Å². The summed E-state index contributed by atoms with van der Waals surface area (Å²) in [5.41, 5.74) is 2.33. The molecule has 0 aliphatic carbocycles. The van der Waals surface area contributed by atoms with E-state index < -0.39 is 6.10 Å². The molecule has 1 heterocycles. The molecular formula is C22H33N3O3. The predicted molar refractivity (Wildman–Crippen MR) is 112 cm³/mol. The Kier molecular flexibility index (Phi) is 9.76. The maximum absolute atomic E-state index is 10.2. The number of pyridine rings is 1. The fourth-order valence-corrected chi connectivity index (χ4v) is 2.97. The van der Waals surface area contributed by atoms with Crippen molar-refractivity contribution < 1.29 is 14.6 Å². The van der Waals surface area contributed by atoms with Crippen LogP contribution in [-0.2, 0) is 13.0 Å². The van der Waals surface area contributed by atoms with Crippen LogP contribution in [-0.4, -0.2) is 61.0 Å². The van der Waals surface area contributed by atoms with Crippen molar-refractivity contribution in [2.75, 3.05) is 39.9 Å². The Bertz CT molecular complexity index is 678. The summed E-state index contributed by atoms with van der Waals surface area (Å²) in [5.74, 6) is 1.34. The summed E-state index contributed by atoms with van der Waals surface area (Å²) < 4.78 is 11.3. The lowest BCUT2D eigenvalue weighted by molar-refractivity contribution is 0.0705. The molecule has 0 radical (unpaired) electrons. The Morgan fingerprint density at radius 2 is 1.96 bits per heavy atom. The Morgan fingerprint density at radius 3 is 2.64 bits per heavy atom. The number of nitrogens with zero attached hydrogens (tertiary/aromatic N) is 2. The standard InChI is InChI=1S/C22H33N3O3/c1-4-25(5-2)16-20(26)17-28-22-13-19(8-9-21(22)27-3)15-24-12-10-18-7-6-11-23-14-18/h6-9,11,13-14,20,24,26H,4-5,10,12,15-17H2,1-3H3. The van der Waals surface area contributed by atoms with Crippen LogP contribution in [0.25, 0.3) is 0 Å². The number of hydrogen-bond donors (Lipinski definition) is 2.